The lowest BCUT2D eigenvalue weighted by atomic mass is 10.1. The van der Waals surface area contributed by atoms with E-state index in [4.69, 9.17) is 5.73 Å². The summed E-state index contributed by atoms with van der Waals surface area (Å²) in [6.07, 6.45) is 0. The van der Waals surface area contributed by atoms with Gasteiger partial charge in [-0.3, -0.25) is 0 Å². The van der Waals surface area contributed by atoms with Gasteiger partial charge in [-0.2, -0.15) is 0 Å². The molecular weight excluding hydrogens is 227 g/mol. The number of aryl methyl sites for hydroxylation is 1. The third-order valence-corrected chi connectivity index (χ3v) is 3.01. The van der Waals surface area contributed by atoms with Crippen molar-refractivity contribution < 1.29 is 4.39 Å². The highest BCUT2D eigenvalue weighted by Gasteiger charge is 2.04. The summed E-state index contributed by atoms with van der Waals surface area (Å²) < 4.78 is 13.1. The fourth-order valence-corrected chi connectivity index (χ4v) is 1.87. The molecule has 0 fully saturated rings. The Morgan fingerprint density at radius 1 is 1.17 bits per heavy atom. The van der Waals surface area contributed by atoms with Crippen LogP contribution in [-0.4, -0.2) is 7.05 Å². The van der Waals surface area contributed by atoms with E-state index in [0.717, 1.165) is 22.5 Å². The van der Waals surface area contributed by atoms with Gasteiger partial charge in [-0.15, -0.1) is 0 Å². The largest absolute Gasteiger partial charge is 0.399 e. The molecule has 0 radical (unpaired) electrons. The standard InChI is InChI=1S/C15H17FN2/c1-11-6-7-12(8-15(11)17)10-18(2)14-5-3-4-13(16)9-14/h3-9H,10,17H2,1-2H3. The van der Waals surface area contributed by atoms with Crippen LogP contribution in [-0.2, 0) is 6.54 Å². The molecular formula is C15H17FN2. The van der Waals surface area contributed by atoms with Crippen molar-refractivity contribution in [2.24, 2.45) is 0 Å². The molecule has 0 aliphatic rings. The first-order chi connectivity index (χ1) is 8.56. The van der Waals surface area contributed by atoms with Crippen LogP contribution in [0.3, 0.4) is 0 Å². The van der Waals surface area contributed by atoms with Gasteiger partial charge in [0.2, 0.25) is 0 Å². The van der Waals surface area contributed by atoms with Crippen molar-refractivity contribution in [2.45, 2.75) is 13.5 Å². The zero-order valence-corrected chi connectivity index (χ0v) is 10.7. The normalized spacial score (nSPS) is 10.4. The second-order valence-corrected chi connectivity index (χ2v) is 4.53. The maximum Gasteiger partial charge on any atom is 0.125 e. The third-order valence-electron chi connectivity index (χ3n) is 3.01. The molecule has 2 rings (SSSR count). The lowest BCUT2D eigenvalue weighted by Crippen LogP contribution is -2.16. The highest BCUT2D eigenvalue weighted by Crippen LogP contribution is 2.19. The predicted octanol–water partition coefficient (Wildman–Crippen LogP) is 3.35. The molecule has 0 amide bonds. The van der Waals surface area contributed by atoms with E-state index in [1.165, 1.54) is 12.1 Å². The van der Waals surface area contributed by atoms with Crippen molar-refractivity contribution in [3.05, 3.63) is 59.4 Å². The van der Waals surface area contributed by atoms with E-state index < -0.39 is 0 Å². The van der Waals surface area contributed by atoms with Gasteiger partial charge in [-0.05, 0) is 42.3 Å². The van der Waals surface area contributed by atoms with Crippen molar-refractivity contribution in [3.8, 4) is 0 Å². The van der Waals surface area contributed by atoms with Gasteiger partial charge < -0.3 is 10.6 Å². The van der Waals surface area contributed by atoms with Crippen LogP contribution in [0.1, 0.15) is 11.1 Å². The third kappa shape index (κ3) is 2.80. The van der Waals surface area contributed by atoms with Crippen LogP contribution >= 0.6 is 0 Å². The molecule has 2 N–H and O–H groups in total. The zero-order valence-electron chi connectivity index (χ0n) is 10.7. The average molecular weight is 244 g/mol. The Morgan fingerprint density at radius 2 is 1.94 bits per heavy atom. The van der Waals surface area contributed by atoms with Crippen molar-refractivity contribution in [1.29, 1.82) is 0 Å². The highest BCUT2D eigenvalue weighted by atomic mass is 19.1. The summed E-state index contributed by atoms with van der Waals surface area (Å²) in [6.45, 7) is 2.68. The van der Waals surface area contributed by atoms with Gasteiger partial charge in [0.1, 0.15) is 5.82 Å². The fraction of sp³-hybridized carbons (Fsp3) is 0.200. The molecule has 0 bridgehead atoms. The first-order valence-electron chi connectivity index (χ1n) is 5.88. The predicted molar refractivity (Wildman–Crippen MR) is 74.1 cm³/mol. The van der Waals surface area contributed by atoms with Gasteiger partial charge in [-0.25, -0.2) is 4.39 Å². The van der Waals surface area contributed by atoms with Gasteiger partial charge >= 0.3 is 0 Å². The van der Waals surface area contributed by atoms with Gasteiger partial charge in [0.25, 0.3) is 0 Å². The van der Waals surface area contributed by atoms with E-state index in [-0.39, 0.29) is 5.82 Å². The van der Waals surface area contributed by atoms with Crippen LogP contribution in [0, 0.1) is 12.7 Å². The van der Waals surface area contributed by atoms with E-state index in [1.54, 1.807) is 6.07 Å². The van der Waals surface area contributed by atoms with Crippen LogP contribution in [0.15, 0.2) is 42.5 Å². The van der Waals surface area contributed by atoms with Crippen molar-refractivity contribution >= 4 is 11.4 Å². The minimum Gasteiger partial charge on any atom is -0.399 e. The summed E-state index contributed by atoms with van der Waals surface area (Å²) in [5, 5.41) is 0. The lowest BCUT2D eigenvalue weighted by Gasteiger charge is -2.20. The van der Waals surface area contributed by atoms with Gasteiger partial charge in [-0.1, -0.05) is 18.2 Å². The van der Waals surface area contributed by atoms with Gasteiger partial charge in [0, 0.05) is 25.0 Å². The van der Waals surface area contributed by atoms with E-state index in [2.05, 4.69) is 0 Å². The maximum atomic E-state index is 13.1. The van der Waals surface area contributed by atoms with Gasteiger partial charge in [0.15, 0.2) is 0 Å². The summed E-state index contributed by atoms with van der Waals surface area (Å²) in [7, 11) is 1.94. The molecule has 0 aromatic heterocycles. The van der Waals surface area contributed by atoms with Crippen molar-refractivity contribution in [1.82, 2.24) is 0 Å². The summed E-state index contributed by atoms with van der Waals surface area (Å²) in [5.41, 5.74) is 9.72. The Balaban J connectivity index is 2.16. The Bertz CT molecular complexity index is 552. The Morgan fingerprint density at radius 3 is 2.61 bits per heavy atom. The number of anilines is 2. The molecule has 0 aliphatic carbocycles. The molecule has 0 atom stereocenters. The summed E-state index contributed by atoms with van der Waals surface area (Å²) in [4.78, 5) is 1.99. The molecule has 0 heterocycles. The first kappa shape index (κ1) is 12.4. The molecule has 2 aromatic carbocycles. The van der Waals surface area contributed by atoms with E-state index >= 15 is 0 Å². The number of nitrogens with two attached hydrogens (primary N) is 1. The first-order valence-corrected chi connectivity index (χ1v) is 5.88. The van der Waals surface area contributed by atoms with Crippen LogP contribution in [0.4, 0.5) is 15.8 Å². The molecule has 0 spiro atoms. The molecule has 94 valence electrons. The summed E-state index contributed by atoms with van der Waals surface area (Å²) >= 11 is 0. The minimum atomic E-state index is -0.220. The van der Waals surface area contributed by atoms with Crippen molar-refractivity contribution in [3.63, 3.8) is 0 Å². The quantitative estimate of drug-likeness (QED) is 0.839. The number of hydrogen-bond donors (Lipinski definition) is 1. The number of benzene rings is 2. The molecule has 3 heteroatoms. The molecule has 0 saturated carbocycles. The number of nitrogen functional groups attached to an aromatic ring is 1. The average Bonchev–Trinajstić information content (AvgIpc) is 2.34. The van der Waals surface area contributed by atoms with Crippen LogP contribution in [0.25, 0.3) is 0 Å². The monoisotopic (exact) mass is 244 g/mol. The number of halogens is 1. The highest BCUT2D eigenvalue weighted by molar-refractivity contribution is 5.51. The molecule has 0 saturated heterocycles. The Kier molecular flexibility index (Phi) is 3.51. The minimum absolute atomic E-state index is 0.220. The molecule has 18 heavy (non-hydrogen) atoms. The number of hydrogen-bond acceptors (Lipinski definition) is 2. The molecule has 2 nitrogen and oxygen atoms in total. The SMILES string of the molecule is Cc1ccc(CN(C)c2cccc(F)c2)cc1N. The van der Waals surface area contributed by atoms with Crippen molar-refractivity contribution in [2.75, 3.05) is 17.7 Å². The Labute approximate surface area is 107 Å². The van der Waals surface area contributed by atoms with E-state index in [0.29, 0.717) is 6.54 Å². The second-order valence-electron chi connectivity index (χ2n) is 4.53. The van der Waals surface area contributed by atoms with E-state index in [1.807, 2.05) is 43.1 Å². The number of nitrogens with zero attached hydrogens (tertiary/aromatic N) is 1. The molecule has 2 aromatic rings. The smallest absolute Gasteiger partial charge is 0.125 e. The summed E-state index contributed by atoms with van der Waals surface area (Å²) in [6, 6.07) is 12.6. The topological polar surface area (TPSA) is 29.3 Å². The number of rotatable bonds is 3. The van der Waals surface area contributed by atoms with Crippen LogP contribution < -0.4 is 10.6 Å². The molecule has 0 unspecified atom stereocenters. The molecule has 0 aliphatic heterocycles. The van der Waals surface area contributed by atoms with E-state index in [9.17, 15) is 4.39 Å². The second kappa shape index (κ2) is 5.08. The fourth-order valence-electron chi connectivity index (χ4n) is 1.87. The van der Waals surface area contributed by atoms with Crippen LogP contribution in [0.2, 0.25) is 0 Å². The lowest BCUT2D eigenvalue weighted by molar-refractivity contribution is 0.627. The summed E-state index contributed by atoms with van der Waals surface area (Å²) in [5.74, 6) is -0.220. The Hall–Kier alpha value is -2.03. The van der Waals surface area contributed by atoms with Crippen LogP contribution in [0.5, 0.6) is 0 Å². The maximum absolute atomic E-state index is 13.1. The van der Waals surface area contributed by atoms with Gasteiger partial charge in [0.05, 0.1) is 0 Å². The zero-order chi connectivity index (χ0) is 13.1.